The Morgan fingerprint density at radius 2 is 1.00 bits per heavy atom. The van der Waals surface area contributed by atoms with Crippen LogP contribution in [0.3, 0.4) is 0 Å². The lowest BCUT2D eigenvalue weighted by Gasteiger charge is -2.09. The summed E-state index contributed by atoms with van der Waals surface area (Å²) in [6.45, 7) is 0. The fourth-order valence-electron chi connectivity index (χ4n) is 5.23. The van der Waals surface area contributed by atoms with Gasteiger partial charge in [-0.05, 0) is 41.8 Å². The molecule has 0 bridgehead atoms. The molecule has 0 spiro atoms. The number of hydrogen-bond donors (Lipinski definition) is 0. The van der Waals surface area contributed by atoms with Crippen molar-refractivity contribution in [3.05, 3.63) is 140 Å². The minimum atomic E-state index is 0.521. The van der Waals surface area contributed by atoms with Crippen LogP contribution < -0.4 is 0 Å². The monoisotopic (exact) mass is 553 g/mol. The van der Waals surface area contributed by atoms with E-state index < -0.39 is 0 Å². The maximum atomic E-state index is 6.08. The predicted octanol–water partition coefficient (Wildman–Crippen LogP) is 8.90. The molecule has 6 heteroatoms. The molecule has 6 nitrogen and oxygen atoms in total. The highest BCUT2D eigenvalue weighted by atomic mass is 16.3. The van der Waals surface area contributed by atoms with E-state index in [1.807, 2.05) is 115 Å². The normalized spacial score (nSPS) is 11.3. The van der Waals surface area contributed by atoms with E-state index in [-0.39, 0.29) is 0 Å². The Labute approximate surface area is 247 Å². The lowest BCUT2D eigenvalue weighted by molar-refractivity contribution is 0.620. The Balaban J connectivity index is 1.20. The van der Waals surface area contributed by atoms with E-state index in [2.05, 4.69) is 24.3 Å². The molecule has 0 aliphatic carbocycles. The summed E-state index contributed by atoms with van der Waals surface area (Å²) >= 11 is 0. The van der Waals surface area contributed by atoms with Gasteiger partial charge in [0.2, 0.25) is 5.89 Å². The Morgan fingerprint density at radius 1 is 0.395 bits per heavy atom. The maximum absolute atomic E-state index is 6.08. The maximum Gasteiger partial charge on any atom is 0.227 e. The van der Waals surface area contributed by atoms with Gasteiger partial charge < -0.3 is 4.42 Å². The SMILES string of the molecule is c1ccc(-c2nc(-c3ccccc3)nc(-c3cccc(-c4ccc5c(ccc6oc(-c7ccccc7)nc65)c4)n3)n2)cc1. The molecule has 0 aliphatic heterocycles. The van der Waals surface area contributed by atoms with E-state index in [1.165, 1.54) is 0 Å². The molecule has 5 aromatic carbocycles. The number of hydrogen-bond acceptors (Lipinski definition) is 6. The number of benzene rings is 5. The molecule has 0 unspecified atom stereocenters. The van der Waals surface area contributed by atoms with Crippen LogP contribution in [0, 0.1) is 0 Å². The molecule has 8 aromatic rings. The van der Waals surface area contributed by atoms with Gasteiger partial charge in [-0.15, -0.1) is 0 Å². The summed E-state index contributed by atoms with van der Waals surface area (Å²) in [6.07, 6.45) is 0. The van der Waals surface area contributed by atoms with Gasteiger partial charge in [0.05, 0.1) is 5.69 Å². The molecular formula is C37H23N5O. The van der Waals surface area contributed by atoms with Crippen molar-refractivity contribution in [2.75, 3.05) is 0 Å². The molecule has 0 N–H and O–H groups in total. The molecule has 0 radical (unpaired) electrons. The van der Waals surface area contributed by atoms with Gasteiger partial charge in [0, 0.05) is 27.6 Å². The van der Waals surface area contributed by atoms with Gasteiger partial charge in [0.15, 0.2) is 23.1 Å². The second-order valence-electron chi connectivity index (χ2n) is 10.2. The van der Waals surface area contributed by atoms with Gasteiger partial charge in [-0.25, -0.2) is 24.9 Å². The van der Waals surface area contributed by atoms with Crippen molar-refractivity contribution >= 4 is 21.9 Å². The highest BCUT2D eigenvalue weighted by Crippen LogP contribution is 2.32. The quantitative estimate of drug-likeness (QED) is 0.212. The van der Waals surface area contributed by atoms with Crippen LogP contribution >= 0.6 is 0 Å². The molecule has 0 saturated heterocycles. The van der Waals surface area contributed by atoms with Crippen molar-refractivity contribution in [2.45, 2.75) is 0 Å². The zero-order valence-corrected chi connectivity index (χ0v) is 22.9. The van der Waals surface area contributed by atoms with Crippen LogP contribution in [0.25, 0.3) is 78.9 Å². The lowest BCUT2D eigenvalue weighted by atomic mass is 10.0. The van der Waals surface area contributed by atoms with Crippen LogP contribution in [0.15, 0.2) is 144 Å². The first-order valence-corrected chi connectivity index (χ1v) is 14.0. The van der Waals surface area contributed by atoms with Crippen LogP contribution in [0.5, 0.6) is 0 Å². The first-order chi connectivity index (χ1) is 21.3. The van der Waals surface area contributed by atoms with Gasteiger partial charge in [0.1, 0.15) is 11.2 Å². The summed E-state index contributed by atoms with van der Waals surface area (Å²) < 4.78 is 6.08. The number of aromatic nitrogens is 5. The van der Waals surface area contributed by atoms with Crippen molar-refractivity contribution in [1.82, 2.24) is 24.9 Å². The molecule has 0 fully saturated rings. The third-order valence-electron chi connectivity index (χ3n) is 7.37. The Hall–Kier alpha value is -6.01. The minimum absolute atomic E-state index is 0.521. The first kappa shape index (κ1) is 24.8. The number of pyridine rings is 1. The second kappa shape index (κ2) is 10.4. The number of oxazole rings is 1. The third-order valence-corrected chi connectivity index (χ3v) is 7.37. The largest absolute Gasteiger partial charge is 0.436 e. The molecule has 43 heavy (non-hydrogen) atoms. The van der Waals surface area contributed by atoms with Gasteiger partial charge in [-0.3, -0.25) is 0 Å². The average Bonchev–Trinajstić information content (AvgIpc) is 3.54. The highest BCUT2D eigenvalue weighted by Gasteiger charge is 2.15. The van der Waals surface area contributed by atoms with E-state index in [9.17, 15) is 0 Å². The van der Waals surface area contributed by atoms with Gasteiger partial charge in [-0.1, -0.05) is 103 Å². The Morgan fingerprint density at radius 3 is 1.67 bits per heavy atom. The molecular weight excluding hydrogens is 530 g/mol. The van der Waals surface area contributed by atoms with Crippen molar-refractivity contribution in [3.8, 4) is 57.0 Å². The number of fused-ring (bicyclic) bond motifs is 3. The third kappa shape index (κ3) is 4.71. The number of rotatable bonds is 5. The number of nitrogens with zero attached hydrogens (tertiary/aromatic N) is 5. The smallest absolute Gasteiger partial charge is 0.227 e. The summed E-state index contributed by atoms with van der Waals surface area (Å²) in [5.74, 6) is 2.35. The molecule has 0 saturated carbocycles. The molecule has 3 aromatic heterocycles. The summed E-state index contributed by atoms with van der Waals surface area (Å²) in [5.41, 5.74) is 6.89. The Bertz CT molecular complexity index is 2170. The van der Waals surface area contributed by atoms with Crippen molar-refractivity contribution < 1.29 is 4.42 Å². The van der Waals surface area contributed by atoms with E-state index in [0.29, 0.717) is 29.1 Å². The van der Waals surface area contributed by atoms with E-state index in [1.54, 1.807) is 0 Å². The predicted molar refractivity (Wildman–Crippen MR) is 170 cm³/mol. The second-order valence-corrected chi connectivity index (χ2v) is 10.2. The zero-order valence-electron chi connectivity index (χ0n) is 22.9. The summed E-state index contributed by atoms with van der Waals surface area (Å²) in [7, 11) is 0. The molecule has 0 aliphatic rings. The zero-order chi connectivity index (χ0) is 28.6. The minimum Gasteiger partial charge on any atom is -0.436 e. The van der Waals surface area contributed by atoms with Crippen LogP contribution in [-0.2, 0) is 0 Å². The highest BCUT2D eigenvalue weighted by molar-refractivity contribution is 6.05. The Kier molecular flexibility index (Phi) is 6.01. The van der Waals surface area contributed by atoms with Crippen molar-refractivity contribution in [1.29, 1.82) is 0 Å². The summed E-state index contributed by atoms with van der Waals surface area (Å²) in [4.78, 5) is 24.3. The van der Waals surface area contributed by atoms with Crippen LogP contribution in [-0.4, -0.2) is 24.9 Å². The van der Waals surface area contributed by atoms with Crippen LogP contribution in [0.1, 0.15) is 0 Å². The summed E-state index contributed by atoms with van der Waals surface area (Å²) in [5, 5.41) is 2.09. The van der Waals surface area contributed by atoms with Gasteiger partial charge in [0.25, 0.3) is 0 Å². The van der Waals surface area contributed by atoms with E-state index in [4.69, 9.17) is 29.3 Å². The van der Waals surface area contributed by atoms with E-state index >= 15 is 0 Å². The van der Waals surface area contributed by atoms with Crippen molar-refractivity contribution in [2.24, 2.45) is 0 Å². The molecule has 3 heterocycles. The van der Waals surface area contributed by atoms with Crippen molar-refractivity contribution in [3.63, 3.8) is 0 Å². The fourth-order valence-corrected chi connectivity index (χ4v) is 5.23. The molecule has 8 rings (SSSR count). The average molecular weight is 554 g/mol. The lowest BCUT2D eigenvalue weighted by Crippen LogP contribution is -2.01. The van der Waals surface area contributed by atoms with Gasteiger partial charge >= 0.3 is 0 Å². The van der Waals surface area contributed by atoms with Crippen LogP contribution in [0.2, 0.25) is 0 Å². The topological polar surface area (TPSA) is 77.6 Å². The molecule has 0 atom stereocenters. The van der Waals surface area contributed by atoms with Crippen LogP contribution in [0.4, 0.5) is 0 Å². The molecule has 202 valence electrons. The molecule has 0 amide bonds. The summed E-state index contributed by atoms with van der Waals surface area (Å²) in [6, 6.07) is 46.1. The first-order valence-electron chi connectivity index (χ1n) is 14.0. The van der Waals surface area contributed by atoms with Gasteiger partial charge in [-0.2, -0.15) is 0 Å². The standard InChI is InChI=1S/C37H23N5O/c1-4-11-24(12-5-1)34-40-35(25-13-6-2-7-14-25)42-36(41-34)31-18-10-17-30(38-31)28-19-21-29-27(23-28)20-22-32-33(29)39-37(43-32)26-15-8-3-9-16-26/h1-23H. The van der Waals surface area contributed by atoms with E-state index in [0.717, 1.165) is 49.8 Å². The fraction of sp³-hybridized carbons (Fsp3) is 0.